The van der Waals surface area contributed by atoms with Crippen LogP contribution in [-0.2, 0) is 4.74 Å². The van der Waals surface area contributed by atoms with E-state index >= 15 is 0 Å². The second kappa shape index (κ2) is 4.28. The number of ether oxygens (including phenoxy) is 1. The van der Waals surface area contributed by atoms with Crippen molar-refractivity contribution in [3.8, 4) is 0 Å². The second-order valence-electron chi connectivity index (χ2n) is 5.57. The molecule has 2 heterocycles. The van der Waals surface area contributed by atoms with Gasteiger partial charge in [0.25, 0.3) is 0 Å². The Bertz CT molecular complexity index is 677. The van der Waals surface area contributed by atoms with Gasteiger partial charge in [-0.2, -0.15) is 0 Å². The predicted molar refractivity (Wildman–Crippen MR) is 70.6 cm³/mol. The van der Waals surface area contributed by atoms with Crippen molar-refractivity contribution in [2.75, 3.05) is 6.61 Å². The minimum atomic E-state index is -0.943. The summed E-state index contributed by atoms with van der Waals surface area (Å²) in [5, 5.41) is 17.4. The van der Waals surface area contributed by atoms with Gasteiger partial charge in [-0.15, -0.1) is 5.10 Å². The zero-order valence-corrected chi connectivity index (χ0v) is 10.9. The van der Waals surface area contributed by atoms with Crippen LogP contribution in [0.3, 0.4) is 0 Å². The van der Waals surface area contributed by atoms with Crippen LogP contribution in [0.15, 0.2) is 18.2 Å². The summed E-state index contributed by atoms with van der Waals surface area (Å²) < 4.78 is 7.76. The lowest BCUT2D eigenvalue weighted by Gasteiger charge is -2.18. The molecule has 0 spiro atoms. The Kier molecular flexibility index (Phi) is 2.53. The molecule has 1 saturated heterocycles. The Morgan fingerprint density at radius 1 is 1.35 bits per heavy atom. The molecule has 2 aliphatic rings. The van der Waals surface area contributed by atoms with E-state index in [2.05, 4.69) is 10.3 Å². The summed E-state index contributed by atoms with van der Waals surface area (Å²) >= 11 is 0. The van der Waals surface area contributed by atoms with Crippen molar-refractivity contribution < 1.29 is 14.6 Å². The molecule has 0 amide bonds. The molecule has 6 heteroatoms. The Labute approximate surface area is 115 Å². The fourth-order valence-electron chi connectivity index (χ4n) is 3.06. The highest BCUT2D eigenvalue weighted by molar-refractivity contribution is 5.92. The van der Waals surface area contributed by atoms with Crippen LogP contribution in [0, 0.1) is 5.92 Å². The zero-order valence-electron chi connectivity index (χ0n) is 10.9. The van der Waals surface area contributed by atoms with Crippen LogP contribution in [0.5, 0.6) is 0 Å². The van der Waals surface area contributed by atoms with Gasteiger partial charge in [0.05, 0.1) is 23.2 Å². The van der Waals surface area contributed by atoms with E-state index in [1.807, 2.05) is 4.68 Å². The summed E-state index contributed by atoms with van der Waals surface area (Å²) in [6, 6.07) is 5.19. The van der Waals surface area contributed by atoms with Crippen molar-refractivity contribution in [3.05, 3.63) is 23.8 Å². The third-order valence-corrected chi connectivity index (χ3v) is 4.22. The normalized spacial score (nSPS) is 26.2. The molecule has 0 bridgehead atoms. The van der Waals surface area contributed by atoms with E-state index in [1.54, 1.807) is 18.2 Å². The molecule has 0 radical (unpaired) electrons. The molecule has 1 aliphatic carbocycles. The Balaban J connectivity index is 1.74. The number of benzene rings is 1. The highest BCUT2D eigenvalue weighted by Crippen LogP contribution is 2.43. The second-order valence-corrected chi connectivity index (χ2v) is 5.57. The van der Waals surface area contributed by atoms with Crippen LogP contribution in [0.25, 0.3) is 11.0 Å². The molecule has 1 N–H and O–H groups in total. The Morgan fingerprint density at radius 3 is 2.95 bits per heavy atom. The smallest absolute Gasteiger partial charge is 0.335 e. The van der Waals surface area contributed by atoms with E-state index in [0.717, 1.165) is 18.5 Å². The maximum Gasteiger partial charge on any atom is 0.335 e. The quantitative estimate of drug-likeness (QED) is 0.923. The number of hydrogen-bond donors (Lipinski definition) is 1. The van der Waals surface area contributed by atoms with Gasteiger partial charge in [-0.3, -0.25) is 0 Å². The van der Waals surface area contributed by atoms with Crippen LogP contribution in [0.1, 0.15) is 35.7 Å². The molecule has 1 aromatic heterocycles. The van der Waals surface area contributed by atoms with Gasteiger partial charge in [0.2, 0.25) is 0 Å². The number of carboxylic acid groups (broad SMARTS) is 1. The highest BCUT2D eigenvalue weighted by Gasteiger charge is 2.42. The molecular formula is C14H15N3O3. The van der Waals surface area contributed by atoms with E-state index in [1.165, 1.54) is 12.8 Å². The van der Waals surface area contributed by atoms with Crippen molar-refractivity contribution >= 4 is 17.0 Å². The molecule has 2 atom stereocenters. The van der Waals surface area contributed by atoms with E-state index in [9.17, 15) is 4.79 Å². The van der Waals surface area contributed by atoms with Gasteiger partial charge in [-0.1, -0.05) is 5.21 Å². The molecule has 6 nitrogen and oxygen atoms in total. The van der Waals surface area contributed by atoms with E-state index in [4.69, 9.17) is 9.84 Å². The first-order valence-corrected chi connectivity index (χ1v) is 6.94. The molecular weight excluding hydrogens is 258 g/mol. The van der Waals surface area contributed by atoms with Crippen LogP contribution >= 0.6 is 0 Å². The number of rotatable bonds is 3. The van der Waals surface area contributed by atoms with Crippen molar-refractivity contribution in [1.29, 1.82) is 0 Å². The van der Waals surface area contributed by atoms with Gasteiger partial charge in [0.1, 0.15) is 5.52 Å². The van der Waals surface area contributed by atoms with Crippen molar-refractivity contribution in [1.82, 2.24) is 15.0 Å². The molecule has 4 rings (SSSR count). The first-order valence-electron chi connectivity index (χ1n) is 6.94. The van der Waals surface area contributed by atoms with Gasteiger partial charge < -0.3 is 9.84 Å². The van der Waals surface area contributed by atoms with Crippen LogP contribution in [0.2, 0.25) is 0 Å². The summed E-state index contributed by atoms with van der Waals surface area (Å²) in [5.41, 5.74) is 1.76. The Morgan fingerprint density at radius 2 is 2.20 bits per heavy atom. The molecule has 1 aliphatic heterocycles. The number of fused-ring (bicyclic) bond motifs is 1. The molecule has 104 valence electrons. The summed E-state index contributed by atoms with van der Waals surface area (Å²) in [6.45, 7) is 0.764. The fourth-order valence-corrected chi connectivity index (χ4v) is 3.06. The van der Waals surface area contributed by atoms with Gasteiger partial charge in [0.15, 0.2) is 0 Å². The lowest BCUT2D eigenvalue weighted by molar-refractivity contribution is 0.0696. The minimum Gasteiger partial charge on any atom is -0.478 e. The van der Waals surface area contributed by atoms with E-state index in [-0.39, 0.29) is 17.7 Å². The number of carbonyl (C=O) groups is 1. The molecule has 1 aromatic carbocycles. The lowest BCUT2D eigenvalue weighted by Crippen LogP contribution is -2.23. The van der Waals surface area contributed by atoms with E-state index < -0.39 is 5.97 Å². The number of hydrogen-bond acceptors (Lipinski definition) is 4. The first kappa shape index (κ1) is 11.8. The largest absolute Gasteiger partial charge is 0.478 e. The van der Waals surface area contributed by atoms with Crippen molar-refractivity contribution in [3.63, 3.8) is 0 Å². The zero-order chi connectivity index (χ0) is 13.7. The highest BCUT2D eigenvalue weighted by atomic mass is 16.5. The van der Waals surface area contributed by atoms with Crippen LogP contribution in [0.4, 0.5) is 0 Å². The first-order chi connectivity index (χ1) is 9.74. The monoisotopic (exact) mass is 273 g/mol. The molecule has 20 heavy (non-hydrogen) atoms. The lowest BCUT2D eigenvalue weighted by atomic mass is 10.1. The van der Waals surface area contributed by atoms with Gasteiger partial charge in [0, 0.05) is 6.61 Å². The minimum absolute atomic E-state index is 0.225. The third kappa shape index (κ3) is 1.79. The maximum absolute atomic E-state index is 11.0. The van der Waals surface area contributed by atoms with Gasteiger partial charge >= 0.3 is 5.97 Å². The third-order valence-electron chi connectivity index (χ3n) is 4.22. The SMILES string of the molecule is O=C(O)c1ccc2c(c1)nnn2C1CCOC1C1CC1. The Hall–Kier alpha value is -1.95. The van der Waals surface area contributed by atoms with Gasteiger partial charge in [-0.25, -0.2) is 9.48 Å². The average Bonchev–Trinajstić information content (AvgIpc) is 3.02. The number of nitrogens with zero attached hydrogens (tertiary/aromatic N) is 3. The number of aromatic nitrogens is 3. The fraction of sp³-hybridized carbons (Fsp3) is 0.500. The molecule has 2 aromatic rings. The maximum atomic E-state index is 11.0. The van der Waals surface area contributed by atoms with Crippen molar-refractivity contribution in [2.24, 2.45) is 5.92 Å². The summed E-state index contributed by atoms with van der Waals surface area (Å²) in [6.07, 6.45) is 3.65. The molecule has 2 fully saturated rings. The number of carboxylic acids is 1. The summed E-state index contributed by atoms with van der Waals surface area (Å²) in [5.74, 6) is -0.290. The van der Waals surface area contributed by atoms with Gasteiger partial charge in [-0.05, 0) is 43.4 Å². The summed E-state index contributed by atoms with van der Waals surface area (Å²) in [7, 11) is 0. The van der Waals surface area contributed by atoms with Crippen molar-refractivity contribution in [2.45, 2.75) is 31.4 Å². The topological polar surface area (TPSA) is 77.2 Å². The predicted octanol–water partition coefficient (Wildman–Crippen LogP) is 1.87. The summed E-state index contributed by atoms with van der Waals surface area (Å²) in [4.78, 5) is 11.0. The number of aromatic carboxylic acids is 1. The van der Waals surface area contributed by atoms with E-state index in [0.29, 0.717) is 11.4 Å². The molecule has 1 saturated carbocycles. The molecule has 2 unspecified atom stereocenters. The average molecular weight is 273 g/mol. The van der Waals surface area contributed by atoms with Crippen LogP contribution in [-0.4, -0.2) is 38.8 Å². The van der Waals surface area contributed by atoms with Crippen LogP contribution < -0.4 is 0 Å². The standard InChI is InChI=1S/C14H15N3O3/c18-14(19)9-3-4-11-10(7-9)15-16-17(11)12-5-6-20-13(12)8-1-2-8/h3-4,7-8,12-13H,1-2,5-6H2,(H,18,19).